The average Bonchev–Trinajstić information content (AvgIpc) is 3.07. The van der Waals surface area contributed by atoms with Crippen molar-refractivity contribution in [3.63, 3.8) is 0 Å². The zero-order valence-electron chi connectivity index (χ0n) is 16.8. The predicted molar refractivity (Wildman–Crippen MR) is 107 cm³/mol. The van der Waals surface area contributed by atoms with Crippen molar-refractivity contribution in [1.82, 2.24) is 14.5 Å². The lowest BCUT2D eigenvalue weighted by atomic mass is 9.75. The Morgan fingerprint density at radius 1 is 1.21 bits per heavy atom. The van der Waals surface area contributed by atoms with E-state index in [4.69, 9.17) is 10.1 Å². The molecule has 8 nitrogen and oxygen atoms in total. The second-order valence-electron chi connectivity index (χ2n) is 7.91. The fraction of sp³-hybridized carbons (Fsp3) is 0.476. The number of aliphatic hydroxyl groups excluding tert-OH is 1. The molecule has 0 saturated carbocycles. The van der Waals surface area contributed by atoms with Gasteiger partial charge in [-0.25, -0.2) is 9.78 Å². The number of carboxylic acid groups (broad SMARTS) is 1. The van der Waals surface area contributed by atoms with Gasteiger partial charge in [-0.2, -0.15) is 0 Å². The highest BCUT2D eigenvalue weighted by atomic mass is 16.4. The van der Waals surface area contributed by atoms with Crippen molar-refractivity contribution in [2.24, 2.45) is 0 Å². The molecule has 0 bridgehead atoms. The Morgan fingerprint density at radius 2 is 1.93 bits per heavy atom. The second kappa shape index (κ2) is 7.18. The number of carbonyl (C=O) groups excluding carboxylic acids is 1. The van der Waals surface area contributed by atoms with Gasteiger partial charge < -0.3 is 24.6 Å². The molecule has 1 aromatic heterocycles. The van der Waals surface area contributed by atoms with Crippen LogP contribution in [-0.4, -0.2) is 56.4 Å². The van der Waals surface area contributed by atoms with Gasteiger partial charge in [0.2, 0.25) is 5.91 Å². The number of aryl methyl sites for hydroxylation is 1. The molecule has 1 spiro atoms. The van der Waals surface area contributed by atoms with Crippen LogP contribution in [0.4, 0.5) is 10.5 Å². The van der Waals surface area contributed by atoms with E-state index < -0.39 is 11.5 Å². The summed E-state index contributed by atoms with van der Waals surface area (Å²) in [6.45, 7) is 5.60. The molecule has 2 aliphatic rings. The minimum absolute atomic E-state index is 0.0589. The number of anilines is 1. The molecule has 2 aromatic rings. The summed E-state index contributed by atoms with van der Waals surface area (Å²) in [5.74, 6) is 0.754. The standard InChI is InChI=1S/C21H26N4O4/c1-14-15(2)24(9-5-6-10-26)18(22-14)11-25-17-8-4-3-7-16(17)21(19(25)27)12-23(13-21)20(28)29/h3-4,7-8,26H,5-6,9-13H2,1-2H3,(H,28,29). The molecule has 0 aliphatic carbocycles. The third kappa shape index (κ3) is 2.98. The van der Waals surface area contributed by atoms with Crippen molar-refractivity contribution in [2.45, 2.75) is 45.2 Å². The Balaban J connectivity index is 1.65. The molecule has 29 heavy (non-hydrogen) atoms. The van der Waals surface area contributed by atoms with Crippen molar-refractivity contribution in [3.05, 3.63) is 47.0 Å². The lowest BCUT2D eigenvalue weighted by Crippen LogP contribution is -2.65. The fourth-order valence-electron chi connectivity index (χ4n) is 4.46. The van der Waals surface area contributed by atoms with E-state index in [-0.39, 0.29) is 25.6 Å². The first kappa shape index (κ1) is 19.4. The van der Waals surface area contributed by atoms with Gasteiger partial charge in [-0.3, -0.25) is 4.79 Å². The average molecular weight is 398 g/mol. The molecule has 0 unspecified atom stereocenters. The Bertz CT molecular complexity index is 962. The highest BCUT2D eigenvalue weighted by molar-refractivity contribution is 6.09. The molecular weight excluding hydrogens is 372 g/mol. The van der Waals surface area contributed by atoms with Crippen molar-refractivity contribution < 1.29 is 19.8 Å². The molecule has 0 radical (unpaired) electrons. The van der Waals surface area contributed by atoms with E-state index in [1.54, 1.807) is 4.90 Å². The maximum atomic E-state index is 13.4. The van der Waals surface area contributed by atoms with Gasteiger partial charge in [-0.15, -0.1) is 0 Å². The molecule has 154 valence electrons. The van der Waals surface area contributed by atoms with Crippen molar-refractivity contribution in [1.29, 1.82) is 0 Å². The number of benzene rings is 1. The maximum Gasteiger partial charge on any atom is 0.407 e. The summed E-state index contributed by atoms with van der Waals surface area (Å²) >= 11 is 0. The summed E-state index contributed by atoms with van der Waals surface area (Å²) < 4.78 is 2.12. The number of aliphatic hydroxyl groups is 1. The molecule has 1 fully saturated rings. The molecule has 2 N–H and O–H groups in total. The van der Waals surface area contributed by atoms with Crippen LogP contribution >= 0.6 is 0 Å². The summed E-state index contributed by atoms with van der Waals surface area (Å²) in [6.07, 6.45) is 0.558. The molecule has 0 atom stereocenters. The van der Waals surface area contributed by atoms with E-state index in [0.717, 1.165) is 47.8 Å². The van der Waals surface area contributed by atoms with Gasteiger partial charge in [0, 0.05) is 37.6 Å². The van der Waals surface area contributed by atoms with Crippen LogP contribution in [0.1, 0.15) is 35.6 Å². The van der Waals surface area contributed by atoms with Crippen LogP contribution in [0.3, 0.4) is 0 Å². The number of imidazole rings is 1. The van der Waals surface area contributed by atoms with Gasteiger partial charge in [0.15, 0.2) is 0 Å². The van der Waals surface area contributed by atoms with Crippen LogP contribution in [0.5, 0.6) is 0 Å². The number of para-hydroxylation sites is 1. The number of rotatable bonds is 6. The summed E-state index contributed by atoms with van der Waals surface area (Å²) in [5.41, 5.74) is 2.94. The molecular formula is C21H26N4O4. The van der Waals surface area contributed by atoms with Crippen molar-refractivity contribution in [3.8, 4) is 0 Å². The van der Waals surface area contributed by atoms with Gasteiger partial charge in [-0.1, -0.05) is 18.2 Å². The van der Waals surface area contributed by atoms with Gasteiger partial charge in [0.1, 0.15) is 11.2 Å². The minimum Gasteiger partial charge on any atom is -0.465 e. The lowest BCUT2D eigenvalue weighted by molar-refractivity contribution is -0.128. The normalized spacial score (nSPS) is 17.0. The fourth-order valence-corrected chi connectivity index (χ4v) is 4.46. The number of nitrogens with zero attached hydrogens (tertiary/aromatic N) is 4. The quantitative estimate of drug-likeness (QED) is 0.726. The predicted octanol–water partition coefficient (Wildman–Crippen LogP) is 2.05. The third-order valence-electron chi connectivity index (χ3n) is 6.18. The van der Waals surface area contributed by atoms with E-state index in [1.165, 1.54) is 4.90 Å². The zero-order chi connectivity index (χ0) is 20.8. The van der Waals surface area contributed by atoms with E-state index in [1.807, 2.05) is 38.1 Å². The van der Waals surface area contributed by atoms with E-state index >= 15 is 0 Å². The molecule has 3 heterocycles. The summed E-state index contributed by atoms with van der Waals surface area (Å²) in [7, 11) is 0. The van der Waals surface area contributed by atoms with Crippen molar-refractivity contribution in [2.75, 3.05) is 24.6 Å². The number of hydrogen-bond acceptors (Lipinski definition) is 4. The number of hydrogen-bond donors (Lipinski definition) is 2. The van der Waals surface area contributed by atoms with Gasteiger partial charge in [-0.05, 0) is 38.3 Å². The largest absolute Gasteiger partial charge is 0.465 e. The van der Waals surface area contributed by atoms with Crippen molar-refractivity contribution >= 4 is 17.7 Å². The number of aromatic nitrogens is 2. The lowest BCUT2D eigenvalue weighted by Gasteiger charge is -2.45. The molecule has 8 heteroatoms. The summed E-state index contributed by atoms with van der Waals surface area (Å²) in [6, 6.07) is 7.64. The second-order valence-corrected chi connectivity index (χ2v) is 7.91. The molecule has 4 rings (SSSR count). The highest BCUT2D eigenvalue weighted by Gasteiger charge is 2.59. The topological polar surface area (TPSA) is 98.9 Å². The van der Waals surface area contributed by atoms with Crippen LogP contribution < -0.4 is 4.90 Å². The zero-order valence-corrected chi connectivity index (χ0v) is 16.8. The van der Waals surface area contributed by atoms with Gasteiger partial charge in [0.05, 0.1) is 12.2 Å². The molecule has 1 aromatic carbocycles. The SMILES string of the molecule is Cc1nc(CN2C(=O)C3(CN(C(=O)O)C3)c3ccccc32)n(CCCCO)c1C. The highest BCUT2D eigenvalue weighted by Crippen LogP contribution is 2.47. The van der Waals surface area contributed by atoms with Crippen LogP contribution in [0.15, 0.2) is 24.3 Å². The first-order valence-corrected chi connectivity index (χ1v) is 9.92. The third-order valence-corrected chi connectivity index (χ3v) is 6.18. The minimum atomic E-state index is -0.995. The van der Waals surface area contributed by atoms with Crippen LogP contribution in [0.2, 0.25) is 0 Å². The molecule has 2 amide bonds. The van der Waals surface area contributed by atoms with Gasteiger partial charge >= 0.3 is 6.09 Å². The number of amides is 2. The summed E-state index contributed by atoms with van der Waals surface area (Å²) in [4.78, 5) is 32.5. The first-order chi connectivity index (χ1) is 13.9. The Morgan fingerprint density at radius 3 is 2.62 bits per heavy atom. The Labute approximate surface area is 169 Å². The van der Waals surface area contributed by atoms with E-state index in [2.05, 4.69) is 4.57 Å². The number of unbranched alkanes of at least 4 members (excludes halogenated alkanes) is 1. The maximum absolute atomic E-state index is 13.4. The molecule has 1 saturated heterocycles. The summed E-state index contributed by atoms with van der Waals surface area (Å²) in [5, 5.41) is 18.3. The number of likely N-dealkylation sites (tertiary alicyclic amines) is 1. The Kier molecular flexibility index (Phi) is 4.82. The number of fused-ring (bicyclic) bond motifs is 2. The van der Waals surface area contributed by atoms with Gasteiger partial charge in [0.25, 0.3) is 0 Å². The van der Waals surface area contributed by atoms with E-state index in [9.17, 15) is 14.7 Å². The monoisotopic (exact) mass is 398 g/mol. The first-order valence-electron chi connectivity index (χ1n) is 9.92. The van der Waals surface area contributed by atoms with Crippen LogP contribution in [-0.2, 0) is 23.3 Å². The van der Waals surface area contributed by atoms with Crippen LogP contribution in [0, 0.1) is 13.8 Å². The Hall–Kier alpha value is -2.87. The molecule has 2 aliphatic heterocycles. The number of carbonyl (C=O) groups is 2. The van der Waals surface area contributed by atoms with E-state index in [0.29, 0.717) is 6.54 Å². The smallest absolute Gasteiger partial charge is 0.407 e. The van der Waals surface area contributed by atoms with Crippen LogP contribution in [0.25, 0.3) is 0 Å².